The van der Waals surface area contributed by atoms with Crippen LogP contribution in [0.2, 0.25) is 0 Å². The molecular formula is C31H25N3OS2. The van der Waals surface area contributed by atoms with E-state index in [9.17, 15) is 4.79 Å². The predicted molar refractivity (Wildman–Crippen MR) is 160 cm³/mol. The molecule has 0 aliphatic rings. The van der Waals surface area contributed by atoms with Crippen molar-refractivity contribution in [2.75, 3.05) is 16.0 Å². The molecule has 0 fully saturated rings. The lowest BCUT2D eigenvalue weighted by atomic mass is 10.1. The van der Waals surface area contributed by atoms with Gasteiger partial charge in [0, 0.05) is 22.0 Å². The van der Waals surface area contributed by atoms with Crippen LogP contribution in [0.5, 0.6) is 0 Å². The Kier molecular flexibility index (Phi) is 7.79. The quantitative estimate of drug-likeness (QED) is 0.150. The van der Waals surface area contributed by atoms with Crippen molar-refractivity contribution in [2.24, 2.45) is 0 Å². The fourth-order valence-electron chi connectivity index (χ4n) is 3.97. The molecule has 1 unspecified atom stereocenters. The number of anilines is 3. The van der Waals surface area contributed by atoms with Crippen molar-refractivity contribution >= 4 is 62.8 Å². The molecule has 0 aliphatic heterocycles. The summed E-state index contributed by atoms with van der Waals surface area (Å²) in [6.45, 7) is 0. The maximum Gasteiger partial charge on any atom is 0.242 e. The number of thiocarbonyl (C=S) groups is 1. The van der Waals surface area contributed by atoms with Crippen LogP contribution < -0.4 is 16.0 Å². The van der Waals surface area contributed by atoms with Gasteiger partial charge in [0.2, 0.25) is 5.91 Å². The highest BCUT2D eigenvalue weighted by Crippen LogP contribution is 2.37. The number of carbonyl (C=O) groups excluding carboxylic acids is 1. The van der Waals surface area contributed by atoms with Gasteiger partial charge in [-0.1, -0.05) is 84.9 Å². The molecule has 0 heterocycles. The molecule has 0 aliphatic carbocycles. The van der Waals surface area contributed by atoms with E-state index in [1.54, 1.807) is 0 Å². The number of nitrogens with one attached hydrogen (secondary N) is 3. The normalized spacial score (nSPS) is 11.5. The van der Waals surface area contributed by atoms with E-state index >= 15 is 0 Å². The van der Waals surface area contributed by atoms with Crippen molar-refractivity contribution < 1.29 is 4.79 Å². The Morgan fingerprint density at radius 1 is 0.595 bits per heavy atom. The van der Waals surface area contributed by atoms with Crippen LogP contribution in [0.1, 0.15) is 10.8 Å². The van der Waals surface area contributed by atoms with Gasteiger partial charge in [0.05, 0.1) is 0 Å². The molecule has 0 aromatic heterocycles. The van der Waals surface area contributed by atoms with Gasteiger partial charge in [-0.15, -0.1) is 11.8 Å². The number of carbonyl (C=O) groups is 1. The topological polar surface area (TPSA) is 53.2 Å². The van der Waals surface area contributed by atoms with Gasteiger partial charge < -0.3 is 16.0 Å². The second kappa shape index (κ2) is 11.7. The van der Waals surface area contributed by atoms with Crippen LogP contribution in [0.25, 0.3) is 10.8 Å². The van der Waals surface area contributed by atoms with Gasteiger partial charge in [0.1, 0.15) is 5.25 Å². The molecule has 0 bridgehead atoms. The van der Waals surface area contributed by atoms with Gasteiger partial charge in [-0.2, -0.15) is 0 Å². The van der Waals surface area contributed by atoms with Gasteiger partial charge in [-0.3, -0.25) is 4.79 Å². The predicted octanol–water partition coefficient (Wildman–Crippen LogP) is 8.12. The first-order valence-corrected chi connectivity index (χ1v) is 13.2. The van der Waals surface area contributed by atoms with Crippen molar-refractivity contribution in [1.82, 2.24) is 0 Å². The molecule has 3 N–H and O–H groups in total. The third kappa shape index (κ3) is 6.55. The number of para-hydroxylation sites is 1. The number of benzene rings is 5. The van der Waals surface area contributed by atoms with Crippen LogP contribution in [-0.4, -0.2) is 11.0 Å². The van der Waals surface area contributed by atoms with Gasteiger partial charge >= 0.3 is 0 Å². The lowest BCUT2D eigenvalue weighted by Gasteiger charge is -2.18. The minimum Gasteiger partial charge on any atom is -0.332 e. The van der Waals surface area contributed by atoms with Crippen LogP contribution in [0, 0.1) is 0 Å². The molecule has 5 aromatic rings. The van der Waals surface area contributed by atoms with Gasteiger partial charge in [-0.05, 0) is 71.0 Å². The Labute approximate surface area is 226 Å². The number of rotatable bonds is 7. The third-order valence-corrected chi connectivity index (χ3v) is 7.19. The molecule has 1 atom stereocenters. The molecule has 0 saturated heterocycles. The zero-order valence-corrected chi connectivity index (χ0v) is 21.6. The summed E-state index contributed by atoms with van der Waals surface area (Å²) in [5.74, 6) is -0.0777. The second-order valence-corrected chi connectivity index (χ2v) is 10.0. The standard InChI is InChI=1S/C31H25N3OS2/c35-30(32-27-19-18-22-10-7-8-13-24(22)20-27)29(23-11-3-1-4-12-23)37-28-17-9-16-26(21-28)34-31(36)33-25-14-5-2-6-15-25/h1-21,29H,(H,32,35)(H2,33,34,36). The van der Waals surface area contributed by atoms with E-state index in [0.29, 0.717) is 5.11 Å². The first kappa shape index (κ1) is 24.6. The average molecular weight is 520 g/mol. The van der Waals surface area contributed by atoms with Crippen molar-refractivity contribution in [1.29, 1.82) is 0 Å². The summed E-state index contributed by atoms with van der Waals surface area (Å²) in [5.41, 5.74) is 3.48. The summed E-state index contributed by atoms with van der Waals surface area (Å²) >= 11 is 6.98. The zero-order valence-electron chi connectivity index (χ0n) is 19.9. The van der Waals surface area contributed by atoms with E-state index in [4.69, 9.17) is 12.2 Å². The van der Waals surface area contributed by atoms with Crippen LogP contribution in [0.3, 0.4) is 0 Å². The van der Waals surface area contributed by atoms with Crippen molar-refractivity contribution in [3.8, 4) is 0 Å². The maximum atomic E-state index is 13.5. The smallest absolute Gasteiger partial charge is 0.242 e. The first-order chi connectivity index (χ1) is 18.1. The Bertz CT molecular complexity index is 1520. The van der Waals surface area contributed by atoms with E-state index in [0.717, 1.165) is 38.3 Å². The number of amides is 1. The molecule has 4 nitrogen and oxygen atoms in total. The lowest BCUT2D eigenvalue weighted by molar-refractivity contribution is -0.115. The van der Waals surface area contributed by atoms with E-state index in [-0.39, 0.29) is 5.91 Å². The zero-order chi connectivity index (χ0) is 25.5. The fraction of sp³-hybridized carbons (Fsp3) is 0.0323. The third-order valence-electron chi connectivity index (χ3n) is 5.73. The van der Waals surface area contributed by atoms with Gasteiger partial charge in [-0.25, -0.2) is 0 Å². The largest absolute Gasteiger partial charge is 0.332 e. The summed E-state index contributed by atoms with van der Waals surface area (Å²) in [6, 6.07) is 41.6. The number of hydrogen-bond donors (Lipinski definition) is 3. The Morgan fingerprint density at radius 2 is 1.22 bits per heavy atom. The molecule has 1 amide bonds. The number of fused-ring (bicyclic) bond motifs is 1. The van der Waals surface area contributed by atoms with E-state index < -0.39 is 5.25 Å². The van der Waals surface area contributed by atoms with Crippen LogP contribution in [0.15, 0.2) is 132 Å². The molecule has 5 aromatic carbocycles. The minimum atomic E-state index is -0.433. The van der Waals surface area contributed by atoms with Crippen LogP contribution >= 0.6 is 24.0 Å². The molecule has 182 valence electrons. The number of thioether (sulfide) groups is 1. The van der Waals surface area contributed by atoms with Gasteiger partial charge in [0.15, 0.2) is 5.11 Å². The SMILES string of the molecule is O=C(Nc1ccc2ccccc2c1)C(Sc1cccc(NC(=S)Nc2ccccc2)c1)c1ccccc1. The molecule has 0 spiro atoms. The van der Waals surface area contributed by atoms with Crippen molar-refractivity contribution in [3.63, 3.8) is 0 Å². The van der Waals surface area contributed by atoms with E-state index in [2.05, 4.69) is 22.0 Å². The van der Waals surface area contributed by atoms with Crippen molar-refractivity contribution in [2.45, 2.75) is 10.1 Å². The number of hydrogen-bond acceptors (Lipinski definition) is 3. The summed E-state index contributed by atoms with van der Waals surface area (Å²) < 4.78 is 0. The van der Waals surface area contributed by atoms with Crippen molar-refractivity contribution in [3.05, 3.63) is 133 Å². The first-order valence-electron chi connectivity index (χ1n) is 11.9. The summed E-state index contributed by atoms with van der Waals surface area (Å²) in [6.07, 6.45) is 0. The Balaban J connectivity index is 1.33. The minimum absolute atomic E-state index is 0.0777. The molecule has 0 saturated carbocycles. The molecule has 0 radical (unpaired) electrons. The lowest BCUT2D eigenvalue weighted by Crippen LogP contribution is -2.19. The Morgan fingerprint density at radius 3 is 2.00 bits per heavy atom. The van der Waals surface area contributed by atoms with Crippen LogP contribution in [-0.2, 0) is 4.79 Å². The summed E-state index contributed by atoms with van der Waals surface area (Å²) in [5, 5.41) is 11.8. The Hall–Kier alpha value is -4.13. The fourth-order valence-corrected chi connectivity index (χ4v) is 5.29. The average Bonchev–Trinajstić information content (AvgIpc) is 2.93. The highest BCUT2D eigenvalue weighted by Gasteiger charge is 2.22. The van der Waals surface area contributed by atoms with Crippen LogP contribution in [0.4, 0.5) is 17.1 Å². The highest BCUT2D eigenvalue weighted by molar-refractivity contribution is 8.00. The van der Waals surface area contributed by atoms with E-state index in [1.807, 2.05) is 121 Å². The molecule has 37 heavy (non-hydrogen) atoms. The molecule has 6 heteroatoms. The summed E-state index contributed by atoms with van der Waals surface area (Å²) in [7, 11) is 0. The van der Waals surface area contributed by atoms with E-state index in [1.165, 1.54) is 11.8 Å². The second-order valence-electron chi connectivity index (χ2n) is 8.43. The highest BCUT2D eigenvalue weighted by atomic mass is 32.2. The maximum absolute atomic E-state index is 13.5. The molecule has 5 rings (SSSR count). The monoisotopic (exact) mass is 519 g/mol. The molecular weight excluding hydrogens is 494 g/mol. The van der Waals surface area contributed by atoms with Gasteiger partial charge in [0.25, 0.3) is 0 Å². The summed E-state index contributed by atoms with van der Waals surface area (Å²) in [4.78, 5) is 14.5.